The molecule has 1 amide bonds. The highest BCUT2D eigenvalue weighted by Crippen LogP contribution is 2.18. The summed E-state index contributed by atoms with van der Waals surface area (Å²) in [6.45, 7) is 2.83. The smallest absolute Gasteiger partial charge is 0.248 e. The molecule has 2 aromatic rings. The van der Waals surface area contributed by atoms with E-state index in [0.717, 1.165) is 35.7 Å². The quantitative estimate of drug-likeness (QED) is 0.269. The number of hydrogen-bond donors (Lipinski definition) is 4. The topological polar surface area (TPSA) is 122 Å². The SMILES string of the molecule is CCCCCN=C(N)NN=Cc1c[nH]c2ccc(C(N)=O)cc12. The van der Waals surface area contributed by atoms with Crippen LogP contribution >= 0.6 is 0 Å². The largest absolute Gasteiger partial charge is 0.369 e. The molecule has 6 N–H and O–H groups in total. The van der Waals surface area contributed by atoms with E-state index < -0.39 is 5.91 Å². The number of hydrazone groups is 1. The lowest BCUT2D eigenvalue weighted by atomic mass is 10.1. The molecule has 0 aliphatic carbocycles. The summed E-state index contributed by atoms with van der Waals surface area (Å²) >= 11 is 0. The second-order valence-corrected chi connectivity index (χ2v) is 5.21. The molecule has 23 heavy (non-hydrogen) atoms. The maximum atomic E-state index is 11.3. The van der Waals surface area contributed by atoms with Crippen LogP contribution in [-0.2, 0) is 0 Å². The summed E-state index contributed by atoms with van der Waals surface area (Å²) in [4.78, 5) is 18.6. The number of nitrogens with two attached hydrogens (primary N) is 2. The van der Waals surface area contributed by atoms with E-state index in [1.807, 2.05) is 6.07 Å². The first-order valence-electron chi connectivity index (χ1n) is 7.61. The minimum absolute atomic E-state index is 0.287. The summed E-state index contributed by atoms with van der Waals surface area (Å²) in [5.41, 5.74) is 15.9. The van der Waals surface area contributed by atoms with Gasteiger partial charge < -0.3 is 16.5 Å². The summed E-state index contributed by atoms with van der Waals surface area (Å²) in [6.07, 6.45) is 6.72. The number of carbonyl (C=O) groups excluding carboxylic acids is 1. The first kappa shape index (κ1) is 16.5. The lowest BCUT2D eigenvalue weighted by molar-refractivity contribution is 0.100. The Morgan fingerprint density at radius 1 is 1.35 bits per heavy atom. The van der Waals surface area contributed by atoms with E-state index in [0.29, 0.717) is 12.1 Å². The van der Waals surface area contributed by atoms with Gasteiger partial charge in [0, 0.05) is 34.8 Å². The van der Waals surface area contributed by atoms with Crippen molar-refractivity contribution in [3.63, 3.8) is 0 Å². The summed E-state index contributed by atoms with van der Waals surface area (Å²) in [6, 6.07) is 5.22. The fraction of sp³-hybridized carbons (Fsp3) is 0.312. The zero-order valence-corrected chi connectivity index (χ0v) is 13.2. The van der Waals surface area contributed by atoms with Crippen molar-refractivity contribution in [1.82, 2.24) is 10.4 Å². The van der Waals surface area contributed by atoms with Crippen LogP contribution in [0.5, 0.6) is 0 Å². The Bertz CT molecular complexity index is 731. The molecule has 0 atom stereocenters. The Labute approximate surface area is 134 Å². The number of primary amides is 1. The van der Waals surface area contributed by atoms with Crippen LogP contribution in [0.1, 0.15) is 42.1 Å². The summed E-state index contributed by atoms with van der Waals surface area (Å²) < 4.78 is 0. The second kappa shape index (κ2) is 7.98. The van der Waals surface area contributed by atoms with Gasteiger partial charge in [0.2, 0.25) is 11.9 Å². The number of unbranched alkanes of at least 4 members (excludes halogenated alkanes) is 2. The Kier molecular flexibility index (Phi) is 5.74. The Morgan fingerprint density at radius 3 is 2.91 bits per heavy atom. The number of aromatic nitrogens is 1. The van der Waals surface area contributed by atoms with E-state index in [2.05, 4.69) is 27.4 Å². The highest BCUT2D eigenvalue weighted by atomic mass is 16.1. The standard InChI is InChI=1S/C16H22N6O/c1-2-3-4-7-19-16(18)22-21-10-12-9-20-14-6-5-11(15(17)23)8-13(12)14/h5-6,8-10,20H,2-4,7H2,1H3,(H2,17,23)(H3,18,19,22). The van der Waals surface area contributed by atoms with Crippen molar-refractivity contribution in [1.29, 1.82) is 0 Å². The van der Waals surface area contributed by atoms with Crippen LogP contribution in [0.4, 0.5) is 0 Å². The van der Waals surface area contributed by atoms with Crippen molar-refractivity contribution in [2.75, 3.05) is 6.54 Å². The second-order valence-electron chi connectivity index (χ2n) is 5.21. The first-order chi connectivity index (χ1) is 11.1. The van der Waals surface area contributed by atoms with Gasteiger partial charge >= 0.3 is 0 Å². The van der Waals surface area contributed by atoms with Crippen LogP contribution in [-0.4, -0.2) is 29.6 Å². The molecule has 0 spiro atoms. The van der Waals surface area contributed by atoms with Gasteiger partial charge in [-0.2, -0.15) is 5.10 Å². The highest BCUT2D eigenvalue weighted by molar-refractivity contribution is 6.03. The van der Waals surface area contributed by atoms with Gasteiger partial charge in [-0.15, -0.1) is 0 Å². The van der Waals surface area contributed by atoms with Crippen LogP contribution in [0, 0.1) is 0 Å². The van der Waals surface area contributed by atoms with E-state index in [1.165, 1.54) is 0 Å². The van der Waals surface area contributed by atoms with Crippen molar-refractivity contribution >= 4 is 29.0 Å². The Balaban J connectivity index is 2.03. The zero-order chi connectivity index (χ0) is 16.7. The van der Waals surface area contributed by atoms with Crippen LogP contribution < -0.4 is 16.9 Å². The predicted molar refractivity (Wildman–Crippen MR) is 93.6 cm³/mol. The molecule has 1 aromatic heterocycles. The molecule has 0 saturated heterocycles. The average Bonchev–Trinajstić information content (AvgIpc) is 2.94. The average molecular weight is 314 g/mol. The molecule has 1 heterocycles. The van der Waals surface area contributed by atoms with Gasteiger partial charge in [0.15, 0.2) is 0 Å². The van der Waals surface area contributed by atoms with E-state index >= 15 is 0 Å². The molecular weight excluding hydrogens is 292 g/mol. The molecule has 0 fully saturated rings. The normalized spacial score (nSPS) is 12.1. The third-order valence-corrected chi connectivity index (χ3v) is 3.42. The van der Waals surface area contributed by atoms with Gasteiger partial charge in [-0.05, 0) is 24.6 Å². The van der Waals surface area contributed by atoms with Gasteiger partial charge in [-0.1, -0.05) is 19.8 Å². The highest BCUT2D eigenvalue weighted by Gasteiger charge is 2.06. The van der Waals surface area contributed by atoms with Crippen molar-refractivity contribution in [2.45, 2.75) is 26.2 Å². The van der Waals surface area contributed by atoms with Crippen LogP contribution in [0.2, 0.25) is 0 Å². The lowest BCUT2D eigenvalue weighted by Crippen LogP contribution is -2.27. The van der Waals surface area contributed by atoms with Gasteiger partial charge in [0.05, 0.1) is 6.21 Å². The molecule has 1 aromatic carbocycles. The summed E-state index contributed by atoms with van der Waals surface area (Å²) in [5.74, 6) is -0.174. The Morgan fingerprint density at radius 2 is 2.17 bits per heavy atom. The molecule has 7 heteroatoms. The third-order valence-electron chi connectivity index (χ3n) is 3.42. The molecule has 7 nitrogen and oxygen atoms in total. The first-order valence-corrected chi connectivity index (χ1v) is 7.61. The molecule has 0 unspecified atom stereocenters. The van der Waals surface area contributed by atoms with Crippen LogP contribution in [0.15, 0.2) is 34.5 Å². The fourth-order valence-electron chi connectivity index (χ4n) is 2.17. The van der Waals surface area contributed by atoms with E-state index in [4.69, 9.17) is 11.5 Å². The summed E-state index contributed by atoms with van der Waals surface area (Å²) in [5, 5.41) is 4.94. The number of hydrogen-bond acceptors (Lipinski definition) is 3. The third kappa shape index (κ3) is 4.57. The van der Waals surface area contributed by atoms with Crippen molar-refractivity contribution < 1.29 is 4.79 Å². The number of benzene rings is 1. The molecular formula is C16H22N6O. The molecule has 122 valence electrons. The fourth-order valence-corrected chi connectivity index (χ4v) is 2.17. The minimum Gasteiger partial charge on any atom is -0.369 e. The van der Waals surface area contributed by atoms with E-state index in [1.54, 1.807) is 24.5 Å². The summed E-state index contributed by atoms with van der Waals surface area (Å²) in [7, 11) is 0. The van der Waals surface area contributed by atoms with E-state index in [-0.39, 0.29) is 5.96 Å². The number of amides is 1. The molecule has 0 radical (unpaired) electrons. The van der Waals surface area contributed by atoms with Crippen LogP contribution in [0.3, 0.4) is 0 Å². The number of aromatic amines is 1. The Hall–Kier alpha value is -2.83. The van der Waals surface area contributed by atoms with E-state index in [9.17, 15) is 4.79 Å². The number of nitrogens with one attached hydrogen (secondary N) is 2. The van der Waals surface area contributed by atoms with Crippen molar-refractivity contribution in [3.05, 3.63) is 35.5 Å². The lowest BCUT2D eigenvalue weighted by Gasteiger charge is -1.99. The van der Waals surface area contributed by atoms with Gasteiger partial charge in [0.25, 0.3) is 0 Å². The zero-order valence-electron chi connectivity index (χ0n) is 13.2. The van der Waals surface area contributed by atoms with Crippen molar-refractivity contribution in [3.8, 4) is 0 Å². The maximum absolute atomic E-state index is 11.3. The maximum Gasteiger partial charge on any atom is 0.248 e. The molecule has 0 bridgehead atoms. The van der Waals surface area contributed by atoms with Gasteiger partial charge in [0.1, 0.15) is 0 Å². The number of guanidine groups is 1. The molecule has 0 aliphatic heterocycles. The van der Waals surface area contributed by atoms with Gasteiger partial charge in [-0.3, -0.25) is 9.79 Å². The number of aliphatic imine (C=N–C) groups is 1. The minimum atomic E-state index is -0.461. The number of carbonyl (C=O) groups is 1. The molecule has 0 saturated carbocycles. The van der Waals surface area contributed by atoms with Crippen molar-refractivity contribution in [2.24, 2.45) is 21.6 Å². The molecule has 2 rings (SSSR count). The number of H-pyrrole nitrogens is 1. The number of fused-ring (bicyclic) bond motifs is 1. The van der Waals surface area contributed by atoms with Crippen LogP contribution in [0.25, 0.3) is 10.9 Å². The molecule has 0 aliphatic rings. The number of nitrogens with zero attached hydrogens (tertiary/aromatic N) is 2. The predicted octanol–water partition coefficient (Wildman–Crippen LogP) is 1.70. The number of rotatable bonds is 7. The van der Waals surface area contributed by atoms with Gasteiger partial charge in [-0.25, -0.2) is 5.43 Å². The monoisotopic (exact) mass is 314 g/mol.